The molecule has 0 saturated heterocycles. The Labute approximate surface area is 126 Å². The number of carbonyl (C=O) groups is 1. The first-order chi connectivity index (χ1) is 10.2. The molecule has 1 saturated carbocycles. The first-order valence-electron chi connectivity index (χ1n) is 7.53. The van der Waals surface area contributed by atoms with E-state index in [9.17, 15) is 10.1 Å². The van der Waals surface area contributed by atoms with Gasteiger partial charge < -0.3 is 10.1 Å². The van der Waals surface area contributed by atoms with Crippen LogP contribution in [0.1, 0.15) is 37.7 Å². The summed E-state index contributed by atoms with van der Waals surface area (Å²) >= 11 is 0. The molecule has 0 bridgehead atoms. The van der Waals surface area contributed by atoms with E-state index in [0.717, 1.165) is 37.0 Å². The highest BCUT2D eigenvalue weighted by Crippen LogP contribution is 2.35. The minimum atomic E-state index is -0.793. The SMILES string of the molecule is COc1ccc(CCNC(=O)C2(C#N)CCCCC2)cc1. The van der Waals surface area contributed by atoms with Crippen LogP contribution in [-0.4, -0.2) is 19.6 Å². The standard InChI is InChI=1S/C17H22N2O2/c1-21-15-7-5-14(6-8-15)9-12-19-16(20)17(13-18)10-3-2-4-11-17/h5-8H,2-4,9-12H2,1H3,(H,19,20). The lowest BCUT2D eigenvalue weighted by Crippen LogP contribution is -2.42. The van der Waals surface area contributed by atoms with E-state index in [4.69, 9.17) is 4.74 Å². The average molecular weight is 286 g/mol. The fourth-order valence-corrected chi connectivity index (χ4v) is 2.83. The second-order valence-corrected chi connectivity index (χ2v) is 5.61. The molecular formula is C17H22N2O2. The summed E-state index contributed by atoms with van der Waals surface area (Å²) in [7, 11) is 1.64. The van der Waals surface area contributed by atoms with Crippen LogP contribution in [0.15, 0.2) is 24.3 Å². The van der Waals surface area contributed by atoms with E-state index in [1.807, 2.05) is 24.3 Å². The van der Waals surface area contributed by atoms with Gasteiger partial charge in [-0.25, -0.2) is 0 Å². The van der Waals surface area contributed by atoms with Gasteiger partial charge in [0.25, 0.3) is 0 Å². The first kappa shape index (κ1) is 15.4. The Morgan fingerprint density at radius 1 is 1.29 bits per heavy atom. The van der Waals surface area contributed by atoms with Crippen LogP contribution in [0.5, 0.6) is 5.75 Å². The molecule has 0 atom stereocenters. The maximum absolute atomic E-state index is 12.3. The maximum atomic E-state index is 12.3. The van der Waals surface area contributed by atoms with Crippen molar-refractivity contribution in [3.63, 3.8) is 0 Å². The van der Waals surface area contributed by atoms with E-state index in [1.54, 1.807) is 7.11 Å². The number of nitrogens with zero attached hydrogens (tertiary/aromatic N) is 1. The first-order valence-corrected chi connectivity index (χ1v) is 7.53. The molecule has 21 heavy (non-hydrogen) atoms. The smallest absolute Gasteiger partial charge is 0.240 e. The average Bonchev–Trinajstić information content (AvgIpc) is 2.56. The number of rotatable bonds is 5. The molecule has 112 valence electrons. The van der Waals surface area contributed by atoms with Crippen LogP contribution in [0.3, 0.4) is 0 Å². The molecule has 0 unspecified atom stereocenters. The molecular weight excluding hydrogens is 264 g/mol. The zero-order chi connectivity index (χ0) is 15.1. The van der Waals surface area contributed by atoms with Crippen molar-refractivity contribution in [3.8, 4) is 11.8 Å². The van der Waals surface area contributed by atoms with Crippen LogP contribution in [0.2, 0.25) is 0 Å². The topological polar surface area (TPSA) is 62.1 Å². The van der Waals surface area contributed by atoms with Crippen LogP contribution in [0.25, 0.3) is 0 Å². The number of methoxy groups -OCH3 is 1. The highest BCUT2D eigenvalue weighted by Gasteiger charge is 2.39. The highest BCUT2D eigenvalue weighted by molar-refractivity contribution is 5.85. The second-order valence-electron chi connectivity index (χ2n) is 5.61. The van der Waals surface area contributed by atoms with Gasteiger partial charge in [-0.1, -0.05) is 31.4 Å². The molecule has 4 nitrogen and oxygen atoms in total. The second kappa shape index (κ2) is 7.12. The van der Waals surface area contributed by atoms with Crippen molar-refractivity contribution in [2.24, 2.45) is 5.41 Å². The van der Waals surface area contributed by atoms with Gasteiger partial charge in [-0.15, -0.1) is 0 Å². The molecule has 0 radical (unpaired) electrons. The predicted molar refractivity (Wildman–Crippen MR) is 80.8 cm³/mol. The lowest BCUT2D eigenvalue weighted by Gasteiger charge is -2.29. The molecule has 1 aliphatic rings. The Morgan fingerprint density at radius 2 is 1.95 bits per heavy atom. The molecule has 0 heterocycles. The van der Waals surface area contributed by atoms with E-state index in [-0.39, 0.29) is 5.91 Å². The number of nitrogens with one attached hydrogen (secondary N) is 1. The van der Waals surface area contributed by atoms with Crippen molar-refractivity contribution >= 4 is 5.91 Å². The fraction of sp³-hybridized carbons (Fsp3) is 0.529. The number of hydrogen-bond donors (Lipinski definition) is 1. The number of ether oxygens (including phenoxy) is 1. The molecule has 4 heteroatoms. The lowest BCUT2D eigenvalue weighted by atomic mass is 9.74. The van der Waals surface area contributed by atoms with Crippen molar-refractivity contribution in [3.05, 3.63) is 29.8 Å². The third-order valence-electron chi connectivity index (χ3n) is 4.21. The quantitative estimate of drug-likeness (QED) is 0.905. The van der Waals surface area contributed by atoms with E-state index in [0.29, 0.717) is 19.4 Å². The Hall–Kier alpha value is -2.02. The van der Waals surface area contributed by atoms with Gasteiger partial charge in [0.1, 0.15) is 11.2 Å². The van der Waals surface area contributed by atoms with Gasteiger partial charge in [-0.3, -0.25) is 4.79 Å². The van der Waals surface area contributed by atoms with Crippen LogP contribution in [-0.2, 0) is 11.2 Å². The van der Waals surface area contributed by atoms with Crippen molar-refractivity contribution in [1.82, 2.24) is 5.32 Å². The van der Waals surface area contributed by atoms with Gasteiger partial charge in [0.2, 0.25) is 5.91 Å². The van der Waals surface area contributed by atoms with Crippen molar-refractivity contribution in [1.29, 1.82) is 5.26 Å². The summed E-state index contributed by atoms with van der Waals surface area (Å²) in [6.07, 6.45) is 5.22. The fourth-order valence-electron chi connectivity index (χ4n) is 2.83. The third-order valence-corrected chi connectivity index (χ3v) is 4.21. The van der Waals surface area contributed by atoms with E-state index in [1.165, 1.54) is 0 Å². The van der Waals surface area contributed by atoms with E-state index in [2.05, 4.69) is 11.4 Å². The van der Waals surface area contributed by atoms with Crippen molar-refractivity contribution in [2.75, 3.05) is 13.7 Å². The molecule has 1 fully saturated rings. The maximum Gasteiger partial charge on any atom is 0.240 e. The number of amides is 1. The van der Waals surface area contributed by atoms with Crippen LogP contribution < -0.4 is 10.1 Å². The molecule has 0 spiro atoms. The summed E-state index contributed by atoms with van der Waals surface area (Å²) in [5.74, 6) is 0.728. The van der Waals surface area contributed by atoms with Gasteiger partial charge >= 0.3 is 0 Å². The van der Waals surface area contributed by atoms with Gasteiger partial charge in [0, 0.05) is 6.54 Å². The van der Waals surface area contributed by atoms with Crippen LogP contribution in [0.4, 0.5) is 0 Å². The summed E-state index contributed by atoms with van der Waals surface area (Å²) in [5, 5.41) is 12.3. The van der Waals surface area contributed by atoms with Gasteiger partial charge in [-0.2, -0.15) is 5.26 Å². The van der Waals surface area contributed by atoms with Crippen LogP contribution >= 0.6 is 0 Å². The lowest BCUT2D eigenvalue weighted by molar-refractivity contribution is -0.129. The van der Waals surface area contributed by atoms with Crippen molar-refractivity contribution < 1.29 is 9.53 Å². The summed E-state index contributed by atoms with van der Waals surface area (Å²) in [6.45, 7) is 0.564. The molecule has 1 aliphatic carbocycles. The zero-order valence-electron chi connectivity index (χ0n) is 12.5. The van der Waals surface area contributed by atoms with Crippen molar-refractivity contribution in [2.45, 2.75) is 38.5 Å². The molecule has 1 aromatic rings. The molecule has 1 N–H and O–H groups in total. The minimum Gasteiger partial charge on any atom is -0.497 e. The van der Waals surface area contributed by atoms with Gasteiger partial charge in [0.05, 0.1) is 13.2 Å². The monoisotopic (exact) mass is 286 g/mol. The zero-order valence-corrected chi connectivity index (χ0v) is 12.5. The summed E-state index contributed by atoms with van der Waals surface area (Å²) in [5.41, 5.74) is 0.351. The minimum absolute atomic E-state index is 0.0989. The highest BCUT2D eigenvalue weighted by atomic mass is 16.5. The van der Waals surface area contributed by atoms with Gasteiger partial charge in [0.15, 0.2) is 0 Å². The Morgan fingerprint density at radius 3 is 2.52 bits per heavy atom. The molecule has 2 rings (SSSR count). The molecule has 1 aromatic carbocycles. The Kier molecular flexibility index (Phi) is 5.21. The van der Waals surface area contributed by atoms with E-state index < -0.39 is 5.41 Å². The predicted octanol–water partition coefficient (Wildman–Crippen LogP) is 2.83. The van der Waals surface area contributed by atoms with Gasteiger partial charge in [-0.05, 0) is 37.0 Å². The van der Waals surface area contributed by atoms with Crippen LogP contribution in [0, 0.1) is 16.7 Å². The number of hydrogen-bond acceptors (Lipinski definition) is 3. The molecule has 0 aromatic heterocycles. The molecule has 0 aliphatic heterocycles. The van der Waals surface area contributed by atoms with E-state index >= 15 is 0 Å². The molecule has 1 amide bonds. The summed E-state index contributed by atoms with van der Waals surface area (Å²) < 4.78 is 5.11. The number of nitriles is 1. The Bertz CT molecular complexity index is 511. The largest absolute Gasteiger partial charge is 0.497 e. The summed E-state index contributed by atoms with van der Waals surface area (Å²) in [4.78, 5) is 12.3. The number of benzene rings is 1. The summed E-state index contributed by atoms with van der Waals surface area (Å²) in [6, 6.07) is 10.1. The third kappa shape index (κ3) is 3.75. The Balaban J connectivity index is 1.84. The number of carbonyl (C=O) groups excluding carboxylic acids is 1. The normalized spacial score (nSPS) is 16.8.